The average molecular weight is 317 g/mol. The van der Waals surface area contributed by atoms with Gasteiger partial charge in [-0.25, -0.2) is 5.43 Å². The van der Waals surface area contributed by atoms with E-state index >= 15 is 0 Å². The molecule has 0 radical (unpaired) electrons. The third kappa shape index (κ3) is 3.28. The van der Waals surface area contributed by atoms with Gasteiger partial charge in [-0.2, -0.15) is 5.10 Å². The number of para-hydroxylation sites is 2. The van der Waals surface area contributed by atoms with Crippen molar-refractivity contribution in [2.75, 3.05) is 6.61 Å². The Morgan fingerprint density at radius 3 is 2.83 bits per heavy atom. The number of nitro groups is 1. The van der Waals surface area contributed by atoms with Gasteiger partial charge in [0, 0.05) is 0 Å². The maximum absolute atomic E-state index is 11.9. The van der Waals surface area contributed by atoms with Crippen molar-refractivity contribution >= 4 is 18.0 Å². The van der Waals surface area contributed by atoms with Crippen LogP contribution in [0, 0.1) is 10.1 Å². The van der Waals surface area contributed by atoms with Gasteiger partial charge in [0.15, 0.2) is 17.3 Å². The molecule has 0 aliphatic carbocycles. The SMILES string of the molecule is O=C(NN=Cc1ccc([N+](=O)[O-])o1)[C@@H]1COc2ccccc2O1. The quantitative estimate of drug-likeness (QED) is 0.518. The van der Waals surface area contributed by atoms with E-state index < -0.39 is 22.8 Å². The summed E-state index contributed by atoms with van der Waals surface area (Å²) in [5.41, 5.74) is 2.27. The molecule has 1 aromatic heterocycles. The van der Waals surface area contributed by atoms with Crippen molar-refractivity contribution < 1.29 is 23.6 Å². The number of carbonyl (C=O) groups is 1. The van der Waals surface area contributed by atoms with Crippen LogP contribution in [0.5, 0.6) is 11.5 Å². The number of carbonyl (C=O) groups excluding carboxylic acids is 1. The zero-order valence-corrected chi connectivity index (χ0v) is 11.7. The van der Waals surface area contributed by atoms with Crippen LogP contribution in [-0.4, -0.2) is 29.8 Å². The summed E-state index contributed by atoms with van der Waals surface area (Å²) in [6.07, 6.45) is 0.315. The van der Waals surface area contributed by atoms with E-state index in [-0.39, 0.29) is 12.4 Å². The fourth-order valence-corrected chi connectivity index (χ4v) is 1.89. The smallest absolute Gasteiger partial charge is 0.433 e. The minimum absolute atomic E-state index is 0.0601. The van der Waals surface area contributed by atoms with Gasteiger partial charge in [0.25, 0.3) is 5.91 Å². The van der Waals surface area contributed by atoms with E-state index in [1.165, 1.54) is 12.1 Å². The highest BCUT2D eigenvalue weighted by Crippen LogP contribution is 2.30. The fraction of sp³-hybridized carbons (Fsp3) is 0.143. The number of ether oxygens (including phenoxy) is 2. The summed E-state index contributed by atoms with van der Waals surface area (Å²) in [6.45, 7) is 0.0601. The summed E-state index contributed by atoms with van der Waals surface area (Å²) in [6, 6.07) is 9.56. The van der Waals surface area contributed by atoms with E-state index in [0.29, 0.717) is 11.5 Å². The second-order valence-corrected chi connectivity index (χ2v) is 4.53. The second kappa shape index (κ2) is 6.18. The Kier molecular flexibility index (Phi) is 3.91. The first-order valence-corrected chi connectivity index (χ1v) is 6.59. The Bertz CT molecular complexity index is 769. The van der Waals surface area contributed by atoms with Crippen LogP contribution >= 0.6 is 0 Å². The number of rotatable bonds is 4. The summed E-state index contributed by atoms with van der Waals surface area (Å²) in [4.78, 5) is 21.7. The molecule has 3 rings (SSSR count). The minimum atomic E-state index is -0.840. The molecule has 0 saturated heterocycles. The van der Waals surface area contributed by atoms with Gasteiger partial charge in [-0.1, -0.05) is 12.1 Å². The maximum Gasteiger partial charge on any atom is 0.433 e. The lowest BCUT2D eigenvalue weighted by Gasteiger charge is -2.24. The first-order chi connectivity index (χ1) is 11.1. The normalized spacial score (nSPS) is 16.3. The van der Waals surface area contributed by atoms with Crippen molar-refractivity contribution in [2.45, 2.75) is 6.10 Å². The lowest BCUT2D eigenvalue weighted by Crippen LogP contribution is -2.42. The number of hydrazone groups is 1. The molecule has 1 aliphatic rings. The zero-order chi connectivity index (χ0) is 16.2. The Morgan fingerprint density at radius 2 is 2.09 bits per heavy atom. The third-order valence-corrected chi connectivity index (χ3v) is 2.96. The third-order valence-electron chi connectivity index (χ3n) is 2.96. The standard InChI is InChI=1S/C14H11N3O6/c18-14(12-8-21-10-3-1-2-4-11(10)23-12)16-15-7-9-5-6-13(22-9)17(19)20/h1-7,12H,8H2,(H,16,18)/t12-/m0/s1. The molecule has 2 aromatic rings. The summed E-state index contributed by atoms with van der Waals surface area (Å²) in [5, 5.41) is 14.1. The van der Waals surface area contributed by atoms with Crippen LogP contribution in [0.1, 0.15) is 5.76 Å². The molecular weight excluding hydrogens is 306 g/mol. The van der Waals surface area contributed by atoms with Crippen LogP contribution in [0.15, 0.2) is 45.9 Å². The molecule has 9 nitrogen and oxygen atoms in total. The van der Waals surface area contributed by atoms with Crippen molar-refractivity contribution in [3.8, 4) is 11.5 Å². The molecule has 2 heterocycles. The fourth-order valence-electron chi connectivity index (χ4n) is 1.89. The van der Waals surface area contributed by atoms with Gasteiger partial charge in [0.05, 0.1) is 12.3 Å². The van der Waals surface area contributed by atoms with Gasteiger partial charge >= 0.3 is 5.88 Å². The van der Waals surface area contributed by atoms with Crippen LogP contribution in [0.2, 0.25) is 0 Å². The van der Waals surface area contributed by atoms with Gasteiger partial charge in [0.1, 0.15) is 11.5 Å². The molecule has 9 heteroatoms. The number of benzene rings is 1. The van der Waals surface area contributed by atoms with Crippen molar-refractivity contribution in [1.29, 1.82) is 0 Å². The number of nitrogens with zero attached hydrogens (tertiary/aromatic N) is 2. The molecule has 0 unspecified atom stereocenters. The molecule has 1 N–H and O–H groups in total. The monoisotopic (exact) mass is 317 g/mol. The summed E-state index contributed by atoms with van der Waals surface area (Å²) >= 11 is 0. The van der Waals surface area contributed by atoms with E-state index in [4.69, 9.17) is 13.9 Å². The van der Waals surface area contributed by atoms with E-state index in [9.17, 15) is 14.9 Å². The molecule has 1 amide bonds. The van der Waals surface area contributed by atoms with Crippen molar-refractivity contribution in [3.05, 3.63) is 52.3 Å². The first kappa shape index (κ1) is 14.6. The predicted molar refractivity (Wildman–Crippen MR) is 77.5 cm³/mol. The lowest BCUT2D eigenvalue weighted by atomic mass is 10.2. The van der Waals surface area contributed by atoms with Crippen LogP contribution < -0.4 is 14.9 Å². The minimum Gasteiger partial charge on any atom is -0.485 e. The molecule has 0 bridgehead atoms. The largest absolute Gasteiger partial charge is 0.485 e. The molecule has 1 aromatic carbocycles. The molecule has 0 saturated carbocycles. The van der Waals surface area contributed by atoms with Gasteiger partial charge in [-0.15, -0.1) is 0 Å². The molecule has 0 spiro atoms. The molecule has 0 fully saturated rings. The Balaban J connectivity index is 1.57. The number of hydrogen-bond acceptors (Lipinski definition) is 7. The summed E-state index contributed by atoms with van der Waals surface area (Å²) < 4.78 is 15.8. The number of furan rings is 1. The van der Waals surface area contributed by atoms with Crippen LogP contribution in [0.4, 0.5) is 5.88 Å². The highest BCUT2D eigenvalue weighted by molar-refractivity contribution is 5.84. The highest BCUT2D eigenvalue weighted by atomic mass is 16.6. The number of hydrogen-bond donors (Lipinski definition) is 1. The lowest BCUT2D eigenvalue weighted by molar-refractivity contribution is -0.402. The maximum atomic E-state index is 11.9. The summed E-state index contributed by atoms with van der Waals surface area (Å²) in [7, 11) is 0. The van der Waals surface area contributed by atoms with Crippen LogP contribution in [0.3, 0.4) is 0 Å². The Labute approximate surface area is 129 Å². The zero-order valence-electron chi connectivity index (χ0n) is 11.7. The van der Waals surface area contributed by atoms with Crippen molar-refractivity contribution in [2.24, 2.45) is 5.10 Å². The topological polar surface area (TPSA) is 116 Å². The van der Waals surface area contributed by atoms with Crippen LogP contribution in [0.25, 0.3) is 0 Å². The Morgan fingerprint density at radius 1 is 1.30 bits per heavy atom. The molecular formula is C14H11N3O6. The van der Waals surface area contributed by atoms with Gasteiger partial charge < -0.3 is 13.9 Å². The van der Waals surface area contributed by atoms with E-state index in [1.54, 1.807) is 24.3 Å². The first-order valence-electron chi connectivity index (χ1n) is 6.59. The Hall–Kier alpha value is -3.36. The van der Waals surface area contributed by atoms with Gasteiger partial charge in [0.2, 0.25) is 6.10 Å². The molecule has 1 atom stereocenters. The second-order valence-electron chi connectivity index (χ2n) is 4.53. The number of fused-ring (bicyclic) bond motifs is 1. The van der Waals surface area contributed by atoms with Crippen molar-refractivity contribution in [1.82, 2.24) is 5.43 Å². The molecule has 118 valence electrons. The number of amides is 1. The number of nitrogens with one attached hydrogen (secondary N) is 1. The van der Waals surface area contributed by atoms with E-state index in [1.807, 2.05) is 0 Å². The average Bonchev–Trinajstić information content (AvgIpc) is 3.03. The van der Waals surface area contributed by atoms with Gasteiger partial charge in [-0.05, 0) is 18.2 Å². The van der Waals surface area contributed by atoms with E-state index in [2.05, 4.69) is 10.5 Å². The molecule has 23 heavy (non-hydrogen) atoms. The molecule has 1 aliphatic heterocycles. The van der Waals surface area contributed by atoms with Gasteiger partial charge in [-0.3, -0.25) is 14.9 Å². The van der Waals surface area contributed by atoms with Crippen LogP contribution in [-0.2, 0) is 4.79 Å². The van der Waals surface area contributed by atoms with Crippen molar-refractivity contribution in [3.63, 3.8) is 0 Å². The highest BCUT2D eigenvalue weighted by Gasteiger charge is 2.27. The van der Waals surface area contributed by atoms with E-state index in [0.717, 1.165) is 6.21 Å². The predicted octanol–water partition coefficient (Wildman–Crippen LogP) is 1.48. The summed E-state index contributed by atoms with van der Waals surface area (Å²) in [5.74, 6) is 0.283.